The third kappa shape index (κ3) is 1.98. The Kier molecular flexibility index (Phi) is 2.68. The summed E-state index contributed by atoms with van der Waals surface area (Å²) in [7, 11) is 0. The van der Waals surface area contributed by atoms with Gasteiger partial charge in [0.1, 0.15) is 18.2 Å². The van der Waals surface area contributed by atoms with Gasteiger partial charge < -0.3 is 4.84 Å². The molecule has 0 aliphatic rings. The molecule has 64 valence electrons. The van der Waals surface area contributed by atoms with Gasteiger partial charge in [-0.05, 0) is 12.1 Å². The predicted octanol–water partition coefficient (Wildman–Crippen LogP) is 2.16. The molecular weight excluding hydrogens is 168 g/mol. The second-order valence-electron chi connectivity index (χ2n) is 2.08. The van der Waals surface area contributed by atoms with E-state index >= 15 is 0 Å². The largest absolute Gasteiger partial charge is 0.359 e. The van der Waals surface area contributed by atoms with E-state index in [1.807, 2.05) is 0 Å². The first-order valence-electron chi connectivity index (χ1n) is 3.12. The van der Waals surface area contributed by atoms with Crippen molar-refractivity contribution in [3.05, 3.63) is 40.3 Å². The van der Waals surface area contributed by atoms with E-state index in [1.54, 1.807) is 0 Å². The fourth-order valence-corrected chi connectivity index (χ4v) is 0.735. The maximum absolute atomic E-state index is 12.7. The normalized spacial score (nSPS) is 9.50. The average Bonchev–Trinajstić information content (AvgIpc) is 2.03. The molecule has 3 nitrogen and oxygen atoms in total. The second-order valence-corrected chi connectivity index (χ2v) is 2.08. The zero-order valence-electron chi connectivity index (χ0n) is 5.96. The maximum atomic E-state index is 12.7. The summed E-state index contributed by atoms with van der Waals surface area (Å²) in [6.45, 7) is -0.282. The topological polar surface area (TPSA) is 38.7 Å². The van der Waals surface area contributed by atoms with E-state index in [1.165, 1.54) is 6.07 Å². The average molecular weight is 173 g/mol. The molecule has 0 aromatic heterocycles. The summed E-state index contributed by atoms with van der Waals surface area (Å²) in [6, 6.07) is 2.98. The molecule has 0 aliphatic carbocycles. The Hall–Kier alpha value is -1.52. The Morgan fingerprint density at radius 1 is 1.42 bits per heavy atom. The Balaban J connectivity index is 2.78. The van der Waals surface area contributed by atoms with E-state index in [0.717, 1.165) is 6.07 Å². The number of benzene rings is 1. The van der Waals surface area contributed by atoms with Crippen molar-refractivity contribution in [2.45, 2.75) is 6.61 Å². The van der Waals surface area contributed by atoms with Crippen LogP contribution in [0.3, 0.4) is 0 Å². The summed E-state index contributed by atoms with van der Waals surface area (Å²) in [5, 5.41) is 2.08. The highest BCUT2D eigenvalue weighted by molar-refractivity contribution is 5.17. The number of rotatable bonds is 3. The van der Waals surface area contributed by atoms with Gasteiger partial charge in [0.15, 0.2) is 5.34 Å². The minimum Gasteiger partial charge on any atom is -0.359 e. The van der Waals surface area contributed by atoms with Crippen molar-refractivity contribution >= 4 is 0 Å². The summed E-state index contributed by atoms with van der Waals surface area (Å²) in [5.41, 5.74) is 0.0935. The number of halogens is 2. The van der Waals surface area contributed by atoms with Crippen molar-refractivity contribution < 1.29 is 13.6 Å². The lowest BCUT2D eigenvalue weighted by Crippen LogP contribution is -1.92. The van der Waals surface area contributed by atoms with Crippen LogP contribution in [0.15, 0.2) is 23.5 Å². The van der Waals surface area contributed by atoms with Gasteiger partial charge in [0, 0.05) is 11.6 Å². The number of hydrogen-bond donors (Lipinski definition) is 0. The molecule has 0 heterocycles. The van der Waals surface area contributed by atoms with Crippen LogP contribution in [0.2, 0.25) is 0 Å². The third-order valence-electron chi connectivity index (χ3n) is 1.29. The van der Waals surface area contributed by atoms with Crippen LogP contribution in [-0.2, 0) is 11.4 Å². The van der Waals surface area contributed by atoms with Crippen LogP contribution in [0, 0.1) is 16.5 Å². The van der Waals surface area contributed by atoms with E-state index in [-0.39, 0.29) is 12.2 Å². The lowest BCUT2D eigenvalue weighted by Gasteiger charge is -1.98. The van der Waals surface area contributed by atoms with Gasteiger partial charge >= 0.3 is 0 Å². The Bertz CT molecular complexity index is 291. The summed E-state index contributed by atoms with van der Waals surface area (Å²) < 4.78 is 25.0. The minimum atomic E-state index is -0.751. The molecule has 0 radical (unpaired) electrons. The molecule has 0 N–H and O–H groups in total. The molecule has 0 unspecified atom stereocenters. The number of hydrogen-bond acceptors (Lipinski definition) is 3. The van der Waals surface area contributed by atoms with Crippen molar-refractivity contribution in [3.63, 3.8) is 0 Å². The van der Waals surface area contributed by atoms with Crippen LogP contribution >= 0.6 is 0 Å². The Labute approximate surface area is 66.9 Å². The van der Waals surface area contributed by atoms with Gasteiger partial charge in [0.2, 0.25) is 0 Å². The van der Waals surface area contributed by atoms with Crippen molar-refractivity contribution in [2.75, 3.05) is 0 Å². The zero-order valence-corrected chi connectivity index (χ0v) is 5.96. The monoisotopic (exact) mass is 173 g/mol. The molecule has 0 bridgehead atoms. The van der Waals surface area contributed by atoms with Gasteiger partial charge in [-0.15, -0.1) is 4.91 Å². The quantitative estimate of drug-likeness (QED) is 0.519. The predicted molar refractivity (Wildman–Crippen MR) is 36.9 cm³/mol. The van der Waals surface area contributed by atoms with Crippen molar-refractivity contribution in [2.24, 2.45) is 5.34 Å². The molecule has 0 saturated heterocycles. The highest BCUT2D eigenvalue weighted by Crippen LogP contribution is 2.10. The molecule has 0 amide bonds. The van der Waals surface area contributed by atoms with Crippen LogP contribution in [0.5, 0.6) is 0 Å². The van der Waals surface area contributed by atoms with Gasteiger partial charge in [-0.2, -0.15) is 0 Å². The molecule has 0 aliphatic heterocycles. The minimum absolute atomic E-state index is 0.0935. The van der Waals surface area contributed by atoms with Crippen molar-refractivity contribution in [1.82, 2.24) is 0 Å². The van der Waals surface area contributed by atoms with Gasteiger partial charge in [-0.25, -0.2) is 8.78 Å². The lowest BCUT2D eigenvalue weighted by atomic mass is 10.2. The maximum Gasteiger partial charge on any atom is 0.155 e. The molecule has 5 heteroatoms. The van der Waals surface area contributed by atoms with Gasteiger partial charge in [-0.3, -0.25) is 0 Å². The molecular formula is C7H5F2NO2. The van der Waals surface area contributed by atoms with Crippen LogP contribution in [-0.4, -0.2) is 0 Å². The molecule has 12 heavy (non-hydrogen) atoms. The summed E-state index contributed by atoms with van der Waals surface area (Å²) in [6.07, 6.45) is 0. The molecule has 0 fully saturated rings. The van der Waals surface area contributed by atoms with E-state index in [2.05, 4.69) is 10.2 Å². The van der Waals surface area contributed by atoms with Crippen LogP contribution in [0.1, 0.15) is 5.56 Å². The molecule has 1 aromatic rings. The highest BCUT2D eigenvalue weighted by Gasteiger charge is 2.03. The molecule has 0 atom stereocenters. The van der Waals surface area contributed by atoms with Gasteiger partial charge in [0.25, 0.3) is 0 Å². The lowest BCUT2D eigenvalue weighted by molar-refractivity contribution is 0.123. The first kappa shape index (κ1) is 8.58. The van der Waals surface area contributed by atoms with Crippen molar-refractivity contribution in [1.29, 1.82) is 0 Å². The fourth-order valence-electron chi connectivity index (χ4n) is 0.735. The zero-order chi connectivity index (χ0) is 8.97. The Morgan fingerprint density at radius 2 is 2.17 bits per heavy atom. The molecule has 0 saturated carbocycles. The van der Waals surface area contributed by atoms with E-state index < -0.39 is 11.6 Å². The second kappa shape index (κ2) is 3.75. The molecule has 0 spiro atoms. The summed E-state index contributed by atoms with van der Waals surface area (Å²) >= 11 is 0. The van der Waals surface area contributed by atoms with Crippen LogP contribution < -0.4 is 0 Å². The van der Waals surface area contributed by atoms with Gasteiger partial charge in [-0.1, -0.05) is 0 Å². The van der Waals surface area contributed by atoms with Crippen molar-refractivity contribution in [3.8, 4) is 0 Å². The number of nitrogens with zero attached hydrogens (tertiary/aromatic N) is 1. The third-order valence-corrected chi connectivity index (χ3v) is 1.29. The Morgan fingerprint density at radius 3 is 2.75 bits per heavy atom. The summed E-state index contributed by atoms with van der Waals surface area (Å²) in [4.78, 5) is 13.5. The first-order chi connectivity index (χ1) is 5.74. The summed E-state index contributed by atoms with van der Waals surface area (Å²) in [5.74, 6) is -1.42. The SMILES string of the molecule is O=NOCc1ccc(F)cc1F. The smallest absolute Gasteiger partial charge is 0.155 e. The van der Waals surface area contributed by atoms with Gasteiger partial charge in [0.05, 0.1) is 0 Å². The van der Waals surface area contributed by atoms with E-state index in [0.29, 0.717) is 6.07 Å². The van der Waals surface area contributed by atoms with E-state index in [4.69, 9.17) is 0 Å². The van der Waals surface area contributed by atoms with Crippen LogP contribution in [0.25, 0.3) is 0 Å². The van der Waals surface area contributed by atoms with E-state index in [9.17, 15) is 13.7 Å². The molecule has 1 aromatic carbocycles. The fraction of sp³-hybridized carbons (Fsp3) is 0.143. The standard InChI is InChI=1S/C7H5F2NO2/c8-6-2-1-5(4-12-10-11)7(9)3-6/h1-3H,4H2. The molecule has 1 rings (SSSR count). The van der Waals surface area contributed by atoms with Crippen LogP contribution in [0.4, 0.5) is 8.78 Å². The highest BCUT2D eigenvalue weighted by atomic mass is 19.1. The first-order valence-corrected chi connectivity index (χ1v) is 3.12.